The quantitative estimate of drug-likeness (QED) is 0.435. The Labute approximate surface area is 191 Å². The van der Waals surface area contributed by atoms with Gasteiger partial charge >= 0.3 is 11.8 Å². The number of hydrogen-bond donors (Lipinski definition) is 1. The molecule has 0 bridgehead atoms. The Balaban J connectivity index is 1.21. The lowest BCUT2D eigenvalue weighted by Gasteiger charge is -2.31. The van der Waals surface area contributed by atoms with Crippen molar-refractivity contribution in [3.63, 3.8) is 0 Å². The van der Waals surface area contributed by atoms with Crippen LogP contribution < -0.4 is 10.1 Å². The standard InChI is InChI=1S/C24H26FN5O3/c1-15-19-9-10-20(16-5-7-17(25)8-6-16)27-21(19)12-18(26-15)4-3-11-24(2)14-29-13-22(30(31)32)28-23(29)33-24/h5-10,13,15,18,26H,3-4,11-12,14H2,1-2H3/t15?,18?,24-/m0/s1. The summed E-state index contributed by atoms with van der Waals surface area (Å²) in [6.45, 7) is 4.73. The van der Waals surface area contributed by atoms with Gasteiger partial charge in [0.15, 0.2) is 0 Å². The van der Waals surface area contributed by atoms with E-state index in [0.29, 0.717) is 18.6 Å². The molecular formula is C24H26FN5O3. The third-order valence-electron chi connectivity index (χ3n) is 6.56. The number of fused-ring (bicyclic) bond motifs is 2. The van der Waals surface area contributed by atoms with Gasteiger partial charge in [0.05, 0.1) is 12.2 Å². The number of benzene rings is 1. The van der Waals surface area contributed by atoms with Gasteiger partial charge in [-0.1, -0.05) is 6.07 Å². The van der Waals surface area contributed by atoms with E-state index >= 15 is 0 Å². The first-order valence-corrected chi connectivity index (χ1v) is 11.2. The van der Waals surface area contributed by atoms with Gasteiger partial charge in [-0.25, -0.2) is 4.39 Å². The van der Waals surface area contributed by atoms with Gasteiger partial charge in [0, 0.05) is 34.7 Å². The van der Waals surface area contributed by atoms with Crippen molar-refractivity contribution >= 4 is 5.82 Å². The maximum atomic E-state index is 13.3. The fraction of sp³-hybridized carbons (Fsp3) is 0.417. The molecule has 0 saturated heterocycles. The van der Waals surface area contributed by atoms with Crippen LogP contribution in [0.1, 0.15) is 50.4 Å². The lowest BCUT2D eigenvalue weighted by atomic mass is 9.90. The molecule has 5 rings (SSSR count). The van der Waals surface area contributed by atoms with Crippen LogP contribution >= 0.6 is 0 Å². The molecular weight excluding hydrogens is 425 g/mol. The molecule has 0 fully saturated rings. The molecule has 2 unspecified atom stereocenters. The Kier molecular flexibility index (Phi) is 5.36. The van der Waals surface area contributed by atoms with E-state index in [9.17, 15) is 14.5 Å². The number of nitro groups is 1. The average Bonchev–Trinajstić information content (AvgIpc) is 3.29. The minimum Gasteiger partial charge on any atom is -0.438 e. The Hall–Kier alpha value is -3.33. The van der Waals surface area contributed by atoms with Crippen molar-refractivity contribution in [2.45, 2.75) is 63.8 Å². The van der Waals surface area contributed by atoms with E-state index in [-0.39, 0.29) is 17.7 Å². The summed E-state index contributed by atoms with van der Waals surface area (Å²) in [6.07, 6.45) is 5.01. The van der Waals surface area contributed by atoms with Crippen molar-refractivity contribution in [1.29, 1.82) is 0 Å². The van der Waals surface area contributed by atoms with Crippen LogP contribution in [-0.2, 0) is 13.0 Å². The molecule has 0 saturated carbocycles. The number of imidazole rings is 1. The first-order valence-electron chi connectivity index (χ1n) is 11.2. The van der Waals surface area contributed by atoms with Crippen molar-refractivity contribution in [1.82, 2.24) is 19.9 Å². The van der Waals surface area contributed by atoms with E-state index in [1.807, 2.05) is 13.0 Å². The predicted molar refractivity (Wildman–Crippen MR) is 120 cm³/mol. The molecule has 0 aliphatic carbocycles. The van der Waals surface area contributed by atoms with Crippen molar-refractivity contribution in [2.24, 2.45) is 0 Å². The third kappa shape index (κ3) is 4.32. The number of rotatable bonds is 6. The predicted octanol–water partition coefficient (Wildman–Crippen LogP) is 4.59. The first kappa shape index (κ1) is 21.5. The second kappa shape index (κ2) is 8.22. The average molecular weight is 452 g/mol. The summed E-state index contributed by atoms with van der Waals surface area (Å²) in [4.78, 5) is 19.2. The number of nitrogens with zero attached hydrogens (tertiary/aromatic N) is 4. The van der Waals surface area contributed by atoms with Crippen LogP contribution in [0, 0.1) is 15.9 Å². The van der Waals surface area contributed by atoms with Crippen LogP contribution in [0.3, 0.4) is 0 Å². The number of nitrogens with one attached hydrogen (secondary N) is 1. The largest absolute Gasteiger partial charge is 0.438 e. The van der Waals surface area contributed by atoms with Crippen molar-refractivity contribution < 1.29 is 14.1 Å². The highest BCUT2D eigenvalue weighted by Gasteiger charge is 2.40. The lowest BCUT2D eigenvalue weighted by molar-refractivity contribution is -0.389. The molecule has 2 aliphatic rings. The van der Waals surface area contributed by atoms with Gasteiger partial charge < -0.3 is 20.2 Å². The molecule has 9 heteroatoms. The molecule has 33 heavy (non-hydrogen) atoms. The Bertz CT molecular complexity index is 1170. The minimum absolute atomic E-state index is 0.182. The summed E-state index contributed by atoms with van der Waals surface area (Å²) < 4.78 is 20.9. The van der Waals surface area contributed by atoms with Crippen LogP contribution in [0.5, 0.6) is 6.01 Å². The van der Waals surface area contributed by atoms with E-state index in [4.69, 9.17) is 9.72 Å². The number of halogens is 1. The van der Waals surface area contributed by atoms with Gasteiger partial charge in [0.2, 0.25) is 0 Å². The SMILES string of the molecule is CC1NC(CCC[C@@]2(C)Cn3cc([N+](=O)[O-])nc3O2)Cc2nc(-c3ccc(F)cc3)ccc21. The first-order chi connectivity index (χ1) is 15.8. The topological polar surface area (TPSA) is 95.1 Å². The summed E-state index contributed by atoms with van der Waals surface area (Å²) in [5, 5.41) is 14.6. The highest BCUT2D eigenvalue weighted by Crippen LogP contribution is 2.35. The Morgan fingerprint density at radius 1 is 1.27 bits per heavy atom. The van der Waals surface area contributed by atoms with E-state index in [2.05, 4.69) is 23.3 Å². The third-order valence-corrected chi connectivity index (χ3v) is 6.56. The van der Waals surface area contributed by atoms with Gasteiger partial charge in [0.1, 0.15) is 17.6 Å². The number of ether oxygens (including phenoxy) is 1. The van der Waals surface area contributed by atoms with Crippen molar-refractivity contribution in [2.75, 3.05) is 0 Å². The Morgan fingerprint density at radius 2 is 2.06 bits per heavy atom. The summed E-state index contributed by atoms with van der Waals surface area (Å²) in [6, 6.07) is 11.4. The Morgan fingerprint density at radius 3 is 2.79 bits per heavy atom. The molecule has 172 valence electrons. The monoisotopic (exact) mass is 451 g/mol. The summed E-state index contributed by atoms with van der Waals surface area (Å²) in [5.41, 5.74) is 3.64. The van der Waals surface area contributed by atoms with Crippen LogP contribution in [0.2, 0.25) is 0 Å². The number of hydrogen-bond acceptors (Lipinski definition) is 6. The van der Waals surface area contributed by atoms with E-state index in [1.165, 1.54) is 23.9 Å². The molecule has 0 radical (unpaired) electrons. The van der Waals surface area contributed by atoms with Crippen LogP contribution in [0.15, 0.2) is 42.6 Å². The van der Waals surface area contributed by atoms with Gasteiger partial charge in [0.25, 0.3) is 0 Å². The molecule has 0 amide bonds. The molecule has 8 nitrogen and oxygen atoms in total. The van der Waals surface area contributed by atoms with Gasteiger partial charge in [-0.05, 0) is 73.9 Å². The molecule has 1 N–H and O–H groups in total. The molecule has 3 atom stereocenters. The zero-order valence-electron chi connectivity index (χ0n) is 18.6. The maximum absolute atomic E-state index is 13.3. The molecule has 3 aromatic rings. The van der Waals surface area contributed by atoms with Crippen LogP contribution in [-0.4, -0.2) is 31.1 Å². The molecule has 4 heterocycles. The van der Waals surface area contributed by atoms with Gasteiger partial charge in [-0.15, -0.1) is 0 Å². The normalized spacial score (nSPS) is 23.6. The second-order valence-corrected chi connectivity index (χ2v) is 9.24. The van der Waals surface area contributed by atoms with E-state index in [1.54, 1.807) is 16.7 Å². The van der Waals surface area contributed by atoms with Crippen LogP contribution in [0.25, 0.3) is 11.3 Å². The van der Waals surface area contributed by atoms with Gasteiger partial charge in [-0.3, -0.25) is 9.55 Å². The summed E-state index contributed by atoms with van der Waals surface area (Å²) in [7, 11) is 0. The van der Waals surface area contributed by atoms with Crippen molar-refractivity contribution in [3.8, 4) is 17.3 Å². The number of pyridine rings is 1. The summed E-state index contributed by atoms with van der Waals surface area (Å²) in [5.74, 6) is -0.435. The van der Waals surface area contributed by atoms with E-state index in [0.717, 1.165) is 42.6 Å². The zero-order valence-corrected chi connectivity index (χ0v) is 18.6. The van der Waals surface area contributed by atoms with Crippen LogP contribution in [0.4, 0.5) is 10.2 Å². The molecule has 2 aromatic heterocycles. The molecule has 1 aromatic carbocycles. The number of aromatic nitrogens is 3. The minimum atomic E-state index is -0.505. The fourth-order valence-electron chi connectivity index (χ4n) is 4.91. The smallest absolute Gasteiger partial charge is 0.414 e. The zero-order chi connectivity index (χ0) is 23.2. The molecule has 2 aliphatic heterocycles. The van der Waals surface area contributed by atoms with Gasteiger partial charge in [-0.2, -0.15) is 0 Å². The van der Waals surface area contributed by atoms with E-state index < -0.39 is 10.5 Å². The second-order valence-electron chi connectivity index (χ2n) is 9.24. The fourth-order valence-corrected chi connectivity index (χ4v) is 4.91. The maximum Gasteiger partial charge on any atom is 0.414 e. The summed E-state index contributed by atoms with van der Waals surface area (Å²) >= 11 is 0. The highest BCUT2D eigenvalue weighted by atomic mass is 19.1. The molecule has 0 spiro atoms. The lowest BCUT2D eigenvalue weighted by Crippen LogP contribution is -2.39. The highest BCUT2D eigenvalue weighted by molar-refractivity contribution is 5.59. The van der Waals surface area contributed by atoms with Crippen molar-refractivity contribution in [3.05, 3.63) is 69.8 Å².